The molecule has 1 fully saturated rings. The van der Waals surface area contributed by atoms with E-state index in [0.717, 1.165) is 5.56 Å². The Morgan fingerprint density at radius 1 is 1.35 bits per heavy atom. The second kappa shape index (κ2) is 8.95. The Morgan fingerprint density at radius 2 is 2.09 bits per heavy atom. The number of amides is 1. The molecule has 2 atom stereocenters. The van der Waals surface area contributed by atoms with Crippen molar-refractivity contribution in [2.45, 2.75) is 31.6 Å². The first-order valence-corrected chi connectivity index (χ1v) is 7.55. The van der Waals surface area contributed by atoms with Gasteiger partial charge in [0.1, 0.15) is 19.3 Å². The van der Waals surface area contributed by atoms with Crippen LogP contribution in [0.5, 0.6) is 0 Å². The molecule has 1 heterocycles. The van der Waals surface area contributed by atoms with Gasteiger partial charge in [0.05, 0.1) is 12.7 Å². The molecule has 6 nitrogen and oxygen atoms in total. The van der Waals surface area contributed by atoms with Crippen molar-refractivity contribution in [1.29, 1.82) is 0 Å². The van der Waals surface area contributed by atoms with Gasteiger partial charge in [-0.25, -0.2) is 9.59 Å². The SMILES string of the molecule is C=CCOC(=O)C(CCC1CO1)NC(=O)OCc1ccccc1. The van der Waals surface area contributed by atoms with Crippen LogP contribution in [0.1, 0.15) is 18.4 Å². The van der Waals surface area contributed by atoms with Crippen LogP contribution in [0.3, 0.4) is 0 Å². The fraction of sp³-hybridized carbons (Fsp3) is 0.412. The highest BCUT2D eigenvalue weighted by atomic mass is 16.6. The lowest BCUT2D eigenvalue weighted by molar-refractivity contribution is -0.145. The molecule has 1 aromatic carbocycles. The van der Waals surface area contributed by atoms with Gasteiger partial charge in [0.25, 0.3) is 0 Å². The van der Waals surface area contributed by atoms with Crippen molar-refractivity contribution in [3.8, 4) is 0 Å². The standard InChI is InChI=1S/C17H21NO5/c1-2-10-21-16(19)15(9-8-14-12-22-14)18-17(20)23-11-13-6-4-3-5-7-13/h2-7,14-15H,1,8-12H2,(H,18,20). The molecule has 1 aliphatic rings. The number of benzene rings is 1. The molecule has 2 unspecified atom stereocenters. The van der Waals surface area contributed by atoms with E-state index in [1.54, 1.807) is 0 Å². The Labute approximate surface area is 135 Å². The topological polar surface area (TPSA) is 77.2 Å². The summed E-state index contributed by atoms with van der Waals surface area (Å²) in [6, 6.07) is 8.57. The summed E-state index contributed by atoms with van der Waals surface area (Å²) < 4.78 is 15.2. The average molecular weight is 319 g/mol. The lowest BCUT2D eigenvalue weighted by Gasteiger charge is -2.16. The number of carbonyl (C=O) groups is 2. The summed E-state index contributed by atoms with van der Waals surface area (Å²) in [6.45, 7) is 4.44. The lowest BCUT2D eigenvalue weighted by Crippen LogP contribution is -2.42. The van der Waals surface area contributed by atoms with Crippen molar-refractivity contribution in [2.24, 2.45) is 0 Å². The summed E-state index contributed by atoms with van der Waals surface area (Å²) in [5, 5.41) is 2.55. The summed E-state index contributed by atoms with van der Waals surface area (Å²) in [6.07, 6.45) is 2.14. The van der Waals surface area contributed by atoms with Gasteiger partial charge in [-0.2, -0.15) is 0 Å². The van der Waals surface area contributed by atoms with Gasteiger partial charge in [-0.1, -0.05) is 43.0 Å². The summed E-state index contributed by atoms with van der Waals surface area (Å²) >= 11 is 0. The third-order valence-corrected chi connectivity index (χ3v) is 3.31. The van der Waals surface area contributed by atoms with Gasteiger partial charge in [-0.3, -0.25) is 0 Å². The van der Waals surface area contributed by atoms with Crippen LogP contribution in [0.25, 0.3) is 0 Å². The third kappa shape index (κ3) is 6.52. The summed E-state index contributed by atoms with van der Waals surface area (Å²) in [4.78, 5) is 23.8. The predicted octanol–water partition coefficient (Wildman–Crippen LogP) is 2.19. The number of hydrogen-bond donors (Lipinski definition) is 1. The number of alkyl carbamates (subject to hydrolysis) is 1. The molecule has 1 aliphatic heterocycles. The van der Waals surface area contributed by atoms with Gasteiger partial charge in [-0.05, 0) is 18.4 Å². The van der Waals surface area contributed by atoms with Crippen molar-refractivity contribution < 1.29 is 23.8 Å². The van der Waals surface area contributed by atoms with Crippen LogP contribution >= 0.6 is 0 Å². The normalized spacial score (nSPS) is 17.0. The first-order chi connectivity index (χ1) is 11.2. The van der Waals surface area contributed by atoms with E-state index in [1.165, 1.54) is 6.08 Å². The van der Waals surface area contributed by atoms with Gasteiger partial charge in [-0.15, -0.1) is 0 Å². The van der Waals surface area contributed by atoms with Crippen LogP contribution in [-0.4, -0.2) is 37.4 Å². The zero-order valence-electron chi connectivity index (χ0n) is 12.9. The number of epoxide rings is 1. The van der Waals surface area contributed by atoms with E-state index in [9.17, 15) is 9.59 Å². The van der Waals surface area contributed by atoms with E-state index in [2.05, 4.69) is 11.9 Å². The Balaban J connectivity index is 1.80. The molecule has 1 saturated heterocycles. The van der Waals surface area contributed by atoms with Crippen LogP contribution in [-0.2, 0) is 25.6 Å². The monoisotopic (exact) mass is 319 g/mol. The zero-order valence-corrected chi connectivity index (χ0v) is 12.9. The molecule has 0 saturated carbocycles. The van der Waals surface area contributed by atoms with E-state index in [1.807, 2.05) is 30.3 Å². The lowest BCUT2D eigenvalue weighted by atomic mass is 10.1. The molecule has 0 aliphatic carbocycles. The van der Waals surface area contributed by atoms with Crippen LogP contribution < -0.4 is 5.32 Å². The third-order valence-electron chi connectivity index (χ3n) is 3.31. The number of carbonyl (C=O) groups excluding carboxylic acids is 2. The minimum absolute atomic E-state index is 0.107. The molecule has 1 amide bonds. The quantitative estimate of drug-likeness (QED) is 0.429. The average Bonchev–Trinajstić information content (AvgIpc) is 3.39. The maximum Gasteiger partial charge on any atom is 0.408 e. The number of hydrogen-bond acceptors (Lipinski definition) is 5. The minimum Gasteiger partial charge on any atom is -0.460 e. The van der Waals surface area contributed by atoms with Gasteiger partial charge >= 0.3 is 12.1 Å². The largest absolute Gasteiger partial charge is 0.460 e. The van der Waals surface area contributed by atoms with Crippen molar-refractivity contribution >= 4 is 12.1 Å². The Morgan fingerprint density at radius 3 is 2.74 bits per heavy atom. The van der Waals surface area contributed by atoms with E-state index in [-0.39, 0.29) is 19.3 Å². The zero-order chi connectivity index (χ0) is 16.5. The molecule has 124 valence electrons. The van der Waals surface area contributed by atoms with Crippen LogP contribution in [0.2, 0.25) is 0 Å². The van der Waals surface area contributed by atoms with E-state index < -0.39 is 18.1 Å². The van der Waals surface area contributed by atoms with Crippen LogP contribution in [0.4, 0.5) is 4.79 Å². The first kappa shape index (κ1) is 17.0. The molecule has 2 rings (SSSR count). The van der Waals surface area contributed by atoms with Crippen LogP contribution in [0.15, 0.2) is 43.0 Å². The molecular weight excluding hydrogens is 298 g/mol. The fourth-order valence-electron chi connectivity index (χ4n) is 1.98. The Bertz CT molecular complexity index is 527. The highest BCUT2D eigenvalue weighted by Gasteiger charge is 2.28. The predicted molar refractivity (Wildman–Crippen MR) is 83.7 cm³/mol. The van der Waals surface area contributed by atoms with Gasteiger partial charge in [0.2, 0.25) is 0 Å². The Hall–Kier alpha value is -2.34. The van der Waals surface area contributed by atoms with E-state index in [0.29, 0.717) is 19.4 Å². The van der Waals surface area contributed by atoms with Crippen molar-refractivity contribution in [3.05, 3.63) is 48.6 Å². The fourth-order valence-corrected chi connectivity index (χ4v) is 1.98. The molecule has 6 heteroatoms. The smallest absolute Gasteiger partial charge is 0.408 e. The molecule has 0 aromatic heterocycles. The molecule has 0 spiro atoms. The summed E-state index contributed by atoms with van der Waals surface area (Å²) in [7, 11) is 0. The second-order valence-corrected chi connectivity index (χ2v) is 5.21. The molecular formula is C17H21NO5. The maximum atomic E-state index is 12.0. The molecule has 0 bridgehead atoms. The van der Waals surface area contributed by atoms with Gasteiger partial charge in [0.15, 0.2) is 0 Å². The number of esters is 1. The highest BCUT2D eigenvalue weighted by molar-refractivity contribution is 5.81. The first-order valence-electron chi connectivity index (χ1n) is 7.55. The second-order valence-electron chi connectivity index (χ2n) is 5.21. The van der Waals surface area contributed by atoms with E-state index in [4.69, 9.17) is 14.2 Å². The highest BCUT2D eigenvalue weighted by Crippen LogP contribution is 2.17. The molecule has 23 heavy (non-hydrogen) atoms. The molecule has 1 N–H and O–H groups in total. The Kier molecular flexibility index (Phi) is 6.62. The summed E-state index contributed by atoms with van der Waals surface area (Å²) in [5.41, 5.74) is 0.875. The van der Waals surface area contributed by atoms with Gasteiger partial charge < -0.3 is 19.5 Å². The van der Waals surface area contributed by atoms with Crippen molar-refractivity contribution in [1.82, 2.24) is 5.32 Å². The van der Waals surface area contributed by atoms with Crippen molar-refractivity contribution in [3.63, 3.8) is 0 Å². The molecule has 1 aromatic rings. The minimum atomic E-state index is -0.748. The maximum absolute atomic E-state index is 12.0. The number of nitrogens with one attached hydrogen (secondary N) is 1. The van der Waals surface area contributed by atoms with Gasteiger partial charge in [0, 0.05) is 0 Å². The van der Waals surface area contributed by atoms with Crippen LogP contribution in [0, 0.1) is 0 Å². The number of ether oxygens (including phenoxy) is 3. The number of rotatable bonds is 9. The summed E-state index contributed by atoms with van der Waals surface area (Å²) in [5.74, 6) is -0.498. The van der Waals surface area contributed by atoms with E-state index >= 15 is 0 Å². The molecule has 0 radical (unpaired) electrons. The van der Waals surface area contributed by atoms with Crippen molar-refractivity contribution in [2.75, 3.05) is 13.2 Å².